The van der Waals surface area contributed by atoms with E-state index >= 15 is 0 Å². The number of nitrogens with zero attached hydrogens (tertiary/aromatic N) is 1. The molecule has 0 radical (unpaired) electrons. The predicted molar refractivity (Wildman–Crippen MR) is 73.0 cm³/mol. The number of amides is 2. The first kappa shape index (κ1) is 14.3. The fourth-order valence-electron chi connectivity index (χ4n) is 2.21. The maximum atomic E-state index is 12.0. The molecule has 20 heavy (non-hydrogen) atoms. The predicted octanol–water partition coefficient (Wildman–Crippen LogP) is 2.25. The van der Waals surface area contributed by atoms with Gasteiger partial charge in [0.25, 0.3) is 11.8 Å². The van der Waals surface area contributed by atoms with Crippen LogP contribution in [0.5, 0.6) is 5.75 Å². The second-order valence-electron chi connectivity index (χ2n) is 5.10. The zero-order valence-electron chi connectivity index (χ0n) is 11.7. The molecule has 1 aromatic carbocycles. The lowest BCUT2D eigenvalue weighted by atomic mass is 9.95. The van der Waals surface area contributed by atoms with Crippen molar-refractivity contribution in [2.45, 2.75) is 20.3 Å². The van der Waals surface area contributed by atoms with Gasteiger partial charge in [-0.25, -0.2) is 0 Å². The minimum absolute atomic E-state index is 0.192. The highest BCUT2D eigenvalue weighted by molar-refractivity contribution is 6.35. The minimum Gasteiger partial charge on any atom is -0.497 e. The normalized spacial score (nSPS) is 15.6. The van der Waals surface area contributed by atoms with Crippen molar-refractivity contribution in [3.05, 3.63) is 35.4 Å². The lowest BCUT2D eigenvalue weighted by Crippen LogP contribution is -2.27. The minimum atomic E-state index is -0.671. The summed E-state index contributed by atoms with van der Waals surface area (Å²) in [5, 5.41) is 9.74. The zero-order valence-corrected chi connectivity index (χ0v) is 11.7. The largest absolute Gasteiger partial charge is 0.497 e. The Bertz CT molecular complexity index is 572. The number of rotatable bonds is 4. The van der Waals surface area contributed by atoms with Crippen LogP contribution in [-0.2, 0) is 9.59 Å². The van der Waals surface area contributed by atoms with Crippen LogP contribution in [-0.4, -0.2) is 29.2 Å². The molecule has 0 fully saturated rings. The van der Waals surface area contributed by atoms with Crippen LogP contribution in [0, 0.1) is 5.92 Å². The Morgan fingerprint density at radius 3 is 2.25 bits per heavy atom. The van der Waals surface area contributed by atoms with Gasteiger partial charge in [0.15, 0.2) is 0 Å². The summed E-state index contributed by atoms with van der Waals surface area (Å²) in [5.74, 6) is -0.427. The molecule has 5 nitrogen and oxygen atoms in total. The number of carbonyl (C=O) groups is 2. The zero-order chi connectivity index (χ0) is 14.9. The average Bonchev–Trinajstić information content (AvgIpc) is 2.63. The van der Waals surface area contributed by atoms with Gasteiger partial charge in [-0.1, -0.05) is 26.0 Å². The van der Waals surface area contributed by atoms with Gasteiger partial charge >= 0.3 is 0 Å². The average molecular weight is 275 g/mol. The van der Waals surface area contributed by atoms with Crippen LogP contribution in [0.4, 0.5) is 0 Å². The van der Waals surface area contributed by atoms with Crippen LogP contribution in [0.15, 0.2) is 29.8 Å². The summed E-state index contributed by atoms with van der Waals surface area (Å²) < 4.78 is 5.06. The maximum absolute atomic E-state index is 12.0. The van der Waals surface area contributed by atoms with Gasteiger partial charge in [0.1, 0.15) is 5.75 Å². The molecule has 2 rings (SSSR count). The van der Waals surface area contributed by atoms with Gasteiger partial charge in [-0.05, 0) is 30.0 Å². The summed E-state index contributed by atoms with van der Waals surface area (Å²) in [6, 6.07) is 6.85. The number of benzene rings is 1. The molecular formula is C15H17NO4. The number of hydroxylamine groups is 2. The molecule has 0 saturated carbocycles. The van der Waals surface area contributed by atoms with Crippen LogP contribution in [0.2, 0.25) is 0 Å². The SMILES string of the molecule is COc1ccc(C2=C(CC(C)C)C(=O)N(O)C2=O)cc1. The Morgan fingerprint density at radius 1 is 1.15 bits per heavy atom. The molecule has 2 amide bonds. The van der Waals surface area contributed by atoms with Crippen LogP contribution in [0.1, 0.15) is 25.8 Å². The van der Waals surface area contributed by atoms with E-state index in [0.717, 1.165) is 0 Å². The van der Waals surface area contributed by atoms with Crippen LogP contribution in [0.25, 0.3) is 5.57 Å². The van der Waals surface area contributed by atoms with E-state index in [1.165, 1.54) is 0 Å². The number of hydrogen-bond acceptors (Lipinski definition) is 4. The van der Waals surface area contributed by atoms with E-state index < -0.39 is 11.8 Å². The second kappa shape index (κ2) is 5.46. The second-order valence-corrected chi connectivity index (χ2v) is 5.10. The van der Waals surface area contributed by atoms with Gasteiger partial charge < -0.3 is 4.74 Å². The fourth-order valence-corrected chi connectivity index (χ4v) is 2.21. The molecule has 1 N–H and O–H groups in total. The Balaban J connectivity index is 2.49. The van der Waals surface area contributed by atoms with Crippen LogP contribution < -0.4 is 4.74 Å². The van der Waals surface area contributed by atoms with Gasteiger partial charge in [-0.15, -0.1) is 5.06 Å². The van der Waals surface area contributed by atoms with Crippen molar-refractivity contribution in [1.29, 1.82) is 0 Å². The molecule has 1 aliphatic heterocycles. The van der Waals surface area contributed by atoms with Crippen molar-refractivity contribution in [3.8, 4) is 5.75 Å². The van der Waals surface area contributed by atoms with Gasteiger partial charge in [0.05, 0.1) is 12.7 Å². The van der Waals surface area contributed by atoms with Crippen molar-refractivity contribution < 1.29 is 19.5 Å². The Hall–Kier alpha value is -2.14. The molecule has 5 heteroatoms. The van der Waals surface area contributed by atoms with E-state index in [9.17, 15) is 14.8 Å². The third kappa shape index (κ3) is 2.44. The van der Waals surface area contributed by atoms with E-state index in [1.807, 2.05) is 13.8 Å². The number of imide groups is 1. The van der Waals surface area contributed by atoms with E-state index in [-0.39, 0.29) is 16.6 Å². The van der Waals surface area contributed by atoms with Crippen molar-refractivity contribution in [3.63, 3.8) is 0 Å². The van der Waals surface area contributed by atoms with Crippen molar-refractivity contribution in [1.82, 2.24) is 5.06 Å². The molecule has 0 aliphatic carbocycles. The van der Waals surface area contributed by atoms with E-state index in [4.69, 9.17) is 4.74 Å². The number of methoxy groups -OCH3 is 1. The highest BCUT2D eigenvalue weighted by atomic mass is 16.5. The first-order valence-electron chi connectivity index (χ1n) is 6.41. The van der Waals surface area contributed by atoms with E-state index in [2.05, 4.69) is 0 Å². The third-order valence-corrected chi connectivity index (χ3v) is 3.15. The van der Waals surface area contributed by atoms with Crippen LogP contribution >= 0.6 is 0 Å². The summed E-state index contributed by atoms with van der Waals surface area (Å²) in [6.07, 6.45) is 0.447. The Labute approximate surface area is 117 Å². The van der Waals surface area contributed by atoms with E-state index in [0.29, 0.717) is 23.3 Å². The molecule has 0 bridgehead atoms. The lowest BCUT2D eigenvalue weighted by molar-refractivity contribution is -0.169. The summed E-state index contributed by atoms with van der Waals surface area (Å²) in [5.41, 5.74) is 1.24. The van der Waals surface area contributed by atoms with Crippen molar-refractivity contribution in [2.24, 2.45) is 5.92 Å². The summed E-state index contributed by atoms with van der Waals surface area (Å²) in [7, 11) is 1.55. The summed E-state index contributed by atoms with van der Waals surface area (Å²) in [4.78, 5) is 24.0. The van der Waals surface area contributed by atoms with Crippen molar-refractivity contribution >= 4 is 17.4 Å². The van der Waals surface area contributed by atoms with Gasteiger partial charge in [0.2, 0.25) is 0 Å². The topological polar surface area (TPSA) is 66.8 Å². The van der Waals surface area contributed by atoms with Crippen LogP contribution in [0.3, 0.4) is 0 Å². The van der Waals surface area contributed by atoms with Gasteiger partial charge in [0, 0.05) is 5.57 Å². The molecule has 0 spiro atoms. The smallest absolute Gasteiger partial charge is 0.285 e. The molecule has 0 unspecified atom stereocenters. The molecule has 0 atom stereocenters. The molecule has 1 heterocycles. The first-order chi connectivity index (χ1) is 9.45. The molecule has 106 valence electrons. The maximum Gasteiger partial charge on any atom is 0.285 e. The Morgan fingerprint density at radius 2 is 1.75 bits per heavy atom. The van der Waals surface area contributed by atoms with Gasteiger partial charge in [-0.2, -0.15) is 0 Å². The van der Waals surface area contributed by atoms with E-state index in [1.54, 1.807) is 31.4 Å². The molecule has 1 aromatic rings. The molecule has 0 saturated heterocycles. The summed E-state index contributed by atoms with van der Waals surface area (Å²) >= 11 is 0. The molecule has 0 aromatic heterocycles. The molecular weight excluding hydrogens is 258 g/mol. The third-order valence-electron chi connectivity index (χ3n) is 3.15. The highest BCUT2D eigenvalue weighted by Gasteiger charge is 2.38. The standard InChI is InChI=1S/C15H17NO4/c1-9(2)8-12-13(15(18)16(19)14(12)17)10-4-6-11(20-3)7-5-10/h4-7,9,19H,8H2,1-3H3. The monoisotopic (exact) mass is 275 g/mol. The number of carbonyl (C=O) groups excluding carboxylic acids is 2. The number of hydrogen-bond donors (Lipinski definition) is 1. The first-order valence-corrected chi connectivity index (χ1v) is 6.41. The fraction of sp³-hybridized carbons (Fsp3) is 0.333. The lowest BCUT2D eigenvalue weighted by Gasteiger charge is -2.07. The summed E-state index contributed by atoms with van der Waals surface area (Å²) in [6.45, 7) is 3.91. The molecule has 1 aliphatic rings. The number of ether oxygens (including phenoxy) is 1. The highest BCUT2D eigenvalue weighted by Crippen LogP contribution is 2.32. The quantitative estimate of drug-likeness (QED) is 0.676. The Kier molecular flexibility index (Phi) is 3.90. The van der Waals surface area contributed by atoms with Gasteiger partial charge in [-0.3, -0.25) is 14.8 Å². The van der Waals surface area contributed by atoms with Crippen molar-refractivity contribution in [2.75, 3.05) is 7.11 Å².